The summed E-state index contributed by atoms with van der Waals surface area (Å²) in [4.78, 5) is 11.3. The second-order valence-electron chi connectivity index (χ2n) is 6.46. The lowest BCUT2D eigenvalue weighted by Gasteiger charge is -2.21. The van der Waals surface area contributed by atoms with Crippen molar-refractivity contribution in [3.8, 4) is 11.1 Å². The van der Waals surface area contributed by atoms with E-state index in [1.165, 1.54) is 5.56 Å². The van der Waals surface area contributed by atoms with Crippen molar-refractivity contribution in [1.29, 1.82) is 0 Å². The maximum Gasteiger partial charge on any atom is 0.313 e. The number of carboxylic acids is 1. The van der Waals surface area contributed by atoms with Crippen molar-refractivity contribution in [1.82, 2.24) is 5.32 Å². The minimum atomic E-state index is -1.12. The van der Waals surface area contributed by atoms with Crippen LogP contribution in [0, 0.1) is 5.41 Å². The lowest BCUT2D eigenvalue weighted by Crippen LogP contribution is -2.40. The summed E-state index contributed by atoms with van der Waals surface area (Å²) in [6.45, 7) is 1.59. The van der Waals surface area contributed by atoms with E-state index in [1.54, 1.807) is 6.92 Å². The van der Waals surface area contributed by atoms with Gasteiger partial charge in [0.15, 0.2) is 0 Å². The van der Waals surface area contributed by atoms with Crippen molar-refractivity contribution in [2.45, 2.75) is 32.0 Å². The van der Waals surface area contributed by atoms with Crippen LogP contribution in [0.4, 0.5) is 0 Å². The van der Waals surface area contributed by atoms with Gasteiger partial charge >= 0.3 is 5.97 Å². The van der Waals surface area contributed by atoms with Crippen molar-refractivity contribution in [3.05, 3.63) is 60.2 Å². The van der Waals surface area contributed by atoms with Crippen LogP contribution in [0.5, 0.6) is 0 Å². The summed E-state index contributed by atoms with van der Waals surface area (Å²) in [5, 5.41) is 22.3. The Kier molecular flexibility index (Phi) is 4.20. The molecule has 0 radical (unpaired) electrons. The molecule has 4 heteroatoms. The first-order valence-corrected chi connectivity index (χ1v) is 7.81. The average molecular weight is 311 g/mol. The van der Waals surface area contributed by atoms with E-state index in [4.69, 9.17) is 0 Å². The van der Waals surface area contributed by atoms with Crippen LogP contribution < -0.4 is 5.32 Å². The molecule has 0 aromatic heterocycles. The molecule has 4 nitrogen and oxygen atoms in total. The number of aliphatic carboxylic acids is 1. The molecule has 1 unspecified atom stereocenters. The van der Waals surface area contributed by atoms with Crippen molar-refractivity contribution >= 4 is 5.97 Å². The standard InChI is InChI=1S/C19H21NO3/c1-19(18(22)23)12-16(20-17(19)21)11-13-7-9-15(10-8-13)14-5-3-2-4-6-14/h2-10,16-17,20-21H,11-12H2,1H3,(H,22,23)/t16-,17?,19-/m1/s1. The normalized spacial score (nSPS) is 27.0. The van der Waals surface area contributed by atoms with E-state index in [2.05, 4.69) is 41.7 Å². The van der Waals surface area contributed by atoms with E-state index in [0.717, 1.165) is 11.1 Å². The predicted molar refractivity (Wildman–Crippen MR) is 88.9 cm³/mol. The highest BCUT2D eigenvalue weighted by Gasteiger charge is 2.48. The molecular formula is C19H21NO3. The smallest absolute Gasteiger partial charge is 0.313 e. The Morgan fingerprint density at radius 1 is 1.13 bits per heavy atom. The summed E-state index contributed by atoms with van der Waals surface area (Å²) in [6, 6.07) is 18.4. The van der Waals surface area contributed by atoms with Crippen LogP contribution in [0.25, 0.3) is 11.1 Å². The molecule has 2 aromatic rings. The second-order valence-corrected chi connectivity index (χ2v) is 6.46. The molecule has 2 aromatic carbocycles. The van der Waals surface area contributed by atoms with Crippen LogP contribution in [0.1, 0.15) is 18.9 Å². The van der Waals surface area contributed by atoms with E-state index in [-0.39, 0.29) is 6.04 Å². The number of aliphatic hydroxyl groups excluding tert-OH is 1. The monoisotopic (exact) mass is 311 g/mol. The maximum absolute atomic E-state index is 11.3. The number of carboxylic acid groups (broad SMARTS) is 1. The van der Waals surface area contributed by atoms with Gasteiger partial charge in [-0.1, -0.05) is 54.6 Å². The zero-order chi connectivity index (χ0) is 16.4. The Balaban J connectivity index is 1.69. The minimum absolute atomic E-state index is 0.0336. The van der Waals surface area contributed by atoms with Gasteiger partial charge in [-0.3, -0.25) is 10.1 Å². The summed E-state index contributed by atoms with van der Waals surface area (Å²) >= 11 is 0. The van der Waals surface area contributed by atoms with Gasteiger partial charge in [-0.2, -0.15) is 0 Å². The molecule has 1 aliphatic heterocycles. The fourth-order valence-corrected chi connectivity index (χ4v) is 3.17. The first-order valence-electron chi connectivity index (χ1n) is 7.81. The third-order valence-electron chi connectivity index (χ3n) is 4.70. The quantitative estimate of drug-likeness (QED) is 0.812. The summed E-state index contributed by atoms with van der Waals surface area (Å²) in [5.74, 6) is -0.959. The molecule has 0 spiro atoms. The second kappa shape index (κ2) is 6.14. The van der Waals surface area contributed by atoms with Crippen molar-refractivity contribution in [2.24, 2.45) is 5.41 Å². The molecule has 3 atom stereocenters. The highest BCUT2D eigenvalue weighted by Crippen LogP contribution is 2.34. The number of rotatable bonds is 4. The largest absolute Gasteiger partial charge is 0.481 e. The Bertz CT molecular complexity index is 684. The number of aliphatic hydroxyl groups is 1. The van der Waals surface area contributed by atoms with Gasteiger partial charge in [-0.25, -0.2) is 0 Å². The van der Waals surface area contributed by atoms with E-state index in [9.17, 15) is 15.0 Å². The third kappa shape index (κ3) is 3.14. The number of benzene rings is 2. The highest BCUT2D eigenvalue weighted by molar-refractivity contribution is 5.75. The lowest BCUT2D eigenvalue weighted by molar-refractivity contribution is -0.153. The maximum atomic E-state index is 11.3. The molecule has 1 heterocycles. The molecule has 120 valence electrons. The Hall–Kier alpha value is -2.17. The van der Waals surface area contributed by atoms with E-state index in [0.29, 0.717) is 12.8 Å². The van der Waals surface area contributed by atoms with Crippen molar-refractivity contribution in [2.75, 3.05) is 0 Å². The van der Waals surface area contributed by atoms with Crippen molar-refractivity contribution in [3.63, 3.8) is 0 Å². The summed E-state index contributed by atoms with van der Waals surface area (Å²) in [7, 11) is 0. The number of hydrogen-bond donors (Lipinski definition) is 3. The summed E-state index contributed by atoms with van der Waals surface area (Å²) in [5.41, 5.74) is 2.34. The minimum Gasteiger partial charge on any atom is -0.481 e. The van der Waals surface area contributed by atoms with Gasteiger partial charge in [-0.15, -0.1) is 0 Å². The zero-order valence-corrected chi connectivity index (χ0v) is 13.1. The Morgan fingerprint density at radius 3 is 2.30 bits per heavy atom. The summed E-state index contributed by atoms with van der Waals surface area (Å²) in [6.07, 6.45) is 0.118. The van der Waals surface area contributed by atoms with Crippen LogP contribution in [0.15, 0.2) is 54.6 Å². The molecule has 0 aliphatic carbocycles. The molecule has 3 N–H and O–H groups in total. The van der Waals surface area contributed by atoms with Crippen LogP contribution in [0.3, 0.4) is 0 Å². The van der Waals surface area contributed by atoms with Crippen LogP contribution in [-0.2, 0) is 11.2 Å². The van der Waals surface area contributed by atoms with Gasteiger partial charge in [0.2, 0.25) is 0 Å². The molecule has 0 bridgehead atoms. The van der Waals surface area contributed by atoms with E-state index < -0.39 is 17.6 Å². The number of nitrogens with one attached hydrogen (secondary N) is 1. The van der Waals surface area contributed by atoms with Gasteiger partial charge in [-0.05, 0) is 36.5 Å². The SMILES string of the molecule is C[C@@]1(C(=O)O)C[C@@H](Cc2ccc(-c3ccccc3)cc2)NC1O. The molecule has 23 heavy (non-hydrogen) atoms. The third-order valence-corrected chi connectivity index (χ3v) is 4.70. The molecular weight excluding hydrogens is 290 g/mol. The number of carbonyl (C=O) groups is 1. The topological polar surface area (TPSA) is 69.6 Å². The van der Waals surface area contributed by atoms with Gasteiger partial charge in [0.05, 0.1) is 0 Å². The molecule has 3 rings (SSSR count). The van der Waals surface area contributed by atoms with Crippen molar-refractivity contribution < 1.29 is 15.0 Å². The first-order chi connectivity index (χ1) is 11.0. The Labute approximate surface area is 135 Å². The molecule has 0 saturated carbocycles. The molecule has 1 aliphatic rings. The van der Waals surface area contributed by atoms with Crippen LogP contribution in [-0.4, -0.2) is 28.5 Å². The van der Waals surface area contributed by atoms with Crippen LogP contribution in [0.2, 0.25) is 0 Å². The Morgan fingerprint density at radius 2 is 1.74 bits per heavy atom. The number of hydrogen-bond acceptors (Lipinski definition) is 3. The first kappa shape index (κ1) is 15.7. The lowest BCUT2D eigenvalue weighted by atomic mass is 9.85. The van der Waals surface area contributed by atoms with E-state index >= 15 is 0 Å². The van der Waals surface area contributed by atoms with E-state index in [1.807, 2.05) is 18.2 Å². The fraction of sp³-hybridized carbons (Fsp3) is 0.316. The molecule has 1 saturated heterocycles. The molecule has 1 fully saturated rings. The van der Waals surface area contributed by atoms with Gasteiger partial charge in [0, 0.05) is 6.04 Å². The fourth-order valence-electron chi connectivity index (χ4n) is 3.17. The van der Waals surface area contributed by atoms with Gasteiger partial charge in [0.25, 0.3) is 0 Å². The molecule has 0 amide bonds. The van der Waals surface area contributed by atoms with Crippen LogP contribution >= 0.6 is 0 Å². The summed E-state index contributed by atoms with van der Waals surface area (Å²) < 4.78 is 0. The predicted octanol–water partition coefficient (Wildman–Crippen LogP) is 2.67. The van der Waals surface area contributed by atoms with Gasteiger partial charge < -0.3 is 10.2 Å². The zero-order valence-electron chi connectivity index (χ0n) is 13.1. The highest BCUT2D eigenvalue weighted by atomic mass is 16.4. The average Bonchev–Trinajstić information content (AvgIpc) is 2.84. The van der Waals surface area contributed by atoms with Gasteiger partial charge in [0.1, 0.15) is 11.6 Å².